The number of urea groups is 1. The van der Waals surface area contributed by atoms with E-state index in [2.05, 4.69) is 21.2 Å². The van der Waals surface area contributed by atoms with Crippen LogP contribution in [0.4, 0.5) is 10.5 Å². The Kier molecular flexibility index (Phi) is 5.57. The van der Waals surface area contributed by atoms with Gasteiger partial charge in [-0.3, -0.25) is 14.6 Å². The number of rotatable bonds is 6. The predicted molar refractivity (Wildman–Crippen MR) is 102 cm³/mol. The molecule has 1 aromatic carbocycles. The SMILES string of the molecule is COc1cccc(N2CCN(C[C@H](O)CN3C(=O)NC(C)(C)C3=O)CC2)c1. The fraction of sp³-hybridized carbons (Fsp3) is 0.579. The molecule has 2 fully saturated rings. The molecule has 0 unspecified atom stereocenters. The standard InChI is InChI=1S/C19H28N4O4/c1-19(2)17(25)23(18(26)20-19)13-15(24)12-21-7-9-22(10-8-21)14-5-4-6-16(11-14)27-3/h4-6,11,15,24H,7-10,12-13H2,1-3H3,(H,20,26)/t15-/m0/s1. The van der Waals surface area contributed by atoms with Gasteiger partial charge in [-0.25, -0.2) is 4.79 Å². The highest BCUT2D eigenvalue weighted by Gasteiger charge is 2.44. The zero-order valence-electron chi connectivity index (χ0n) is 16.1. The van der Waals surface area contributed by atoms with E-state index in [1.807, 2.05) is 18.2 Å². The van der Waals surface area contributed by atoms with Gasteiger partial charge in [-0.05, 0) is 26.0 Å². The fourth-order valence-electron chi connectivity index (χ4n) is 3.55. The molecule has 1 atom stereocenters. The van der Waals surface area contributed by atoms with Gasteiger partial charge in [-0.1, -0.05) is 6.07 Å². The summed E-state index contributed by atoms with van der Waals surface area (Å²) in [5, 5.41) is 13.0. The topological polar surface area (TPSA) is 85.3 Å². The van der Waals surface area contributed by atoms with Gasteiger partial charge in [0.2, 0.25) is 0 Å². The van der Waals surface area contributed by atoms with Crippen molar-refractivity contribution < 1.29 is 19.4 Å². The Morgan fingerprint density at radius 1 is 1.19 bits per heavy atom. The highest BCUT2D eigenvalue weighted by Crippen LogP contribution is 2.22. The molecule has 0 aromatic heterocycles. The summed E-state index contributed by atoms with van der Waals surface area (Å²) in [6.07, 6.45) is -0.767. The number of methoxy groups -OCH3 is 1. The van der Waals surface area contributed by atoms with Crippen LogP contribution in [-0.2, 0) is 4.79 Å². The van der Waals surface area contributed by atoms with Gasteiger partial charge in [-0.2, -0.15) is 0 Å². The number of carbonyl (C=O) groups is 2. The maximum Gasteiger partial charge on any atom is 0.325 e. The number of aliphatic hydroxyl groups excluding tert-OH is 1. The number of hydrogen-bond donors (Lipinski definition) is 2. The average molecular weight is 376 g/mol. The summed E-state index contributed by atoms with van der Waals surface area (Å²) in [5.74, 6) is 0.538. The van der Waals surface area contributed by atoms with E-state index in [1.165, 1.54) is 0 Å². The lowest BCUT2D eigenvalue weighted by Gasteiger charge is -2.37. The molecule has 0 bridgehead atoms. The Morgan fingerprint density at radius 2 is 1.89 bits per heavy atom. The molecule has 0 spiro atoms. The summed E-state index contributed by atoms with van der Waals surface area (Å²) in [6.45, 7) is 7.08. The maximum atomic E-state index is 12.2. The van der Waals surface area contributed by atoms with E-state index >= 15 is 0 Å². The van der Waals surface area contributed by atoms with Crippen molar-refractivity contribution >= 4 is 17.6 Å². The highest BCUT2D eigenvalue weighted by molar-refractivity contribution is 6.06. The van der Waals surface area contributed by atoms with Gasteiger partial charge in [0.05, 0.1) is 19.8 Å². The molecule has 148 valence electrons. The molecule has 3 rings (SSSR count). The van der Waals surface area contributed by atoms with Crippen LogP contribution in [0.5, 0.6) is 5.75 Å². The number of amides is 3. The molecule has 8 nitrogen and oxygen atoms in total. The molecular formula is C19H28N4O4. The van der Waals surface area contributed by atoms with E-state index in [-0.39, 0.29) is 12.5 Å². The minimum atomic E-state index is -0.904. The minimum Gasteiger partial charge on any atom is -0.497 e. The van der Waals surface area contributed by atoms with Crippen molar-refractivity contribution in [2.75, 3.05) is 51.3 Å². The van der Waals surface area contributed by atoms with E-state index in [0.29, 0.717) is 6.54 Å². The number of carbonyl (C=O) groups excluding carboxylic acids is 2. The number of nitrogens with zero attached hydrogens (tertiary/aromatic N) is 3. The van der Waals surface area contributed by atoms with Crippen molar-refractivity contribution in [3.8, 4) is 5.75 Å². The summed E-state index contributed by atoms with van der Waals surface area (Å²) in [4.78, 5) is 29.7. The largest absolute Gasteiger partial charge is 0.497 e. The Balaban J connectivity index is 1.49. The maximum absolute atomic E-state index is 12.2. The molecule has 2 aliphatic rings. The van der Waals surface area contributed by atoms with Gasteiger partial charge in [0, 0.05) is 44.5 Å². The van der Waals surface area contributed by atoms with Crippen LogP contribution in [0, 0.1) is 0 Å². The van der Waals surface area contributed by atoms with Crippen molar-refractivity contribution in [1.82, 2.24) is 15.1 Å². The second-order valence-electron chi connectivity index (χ2n) is 7.61. The molecule has 2 heterocycles. The monoisotopic (exact) mass is 376 g/mol. The second kappa shape index (κ2) is 7.74. The van der Waals surface area contributed by atoms with Crippen molar-refractivity contribution in [2.45, 2.75) is 25.5 Å². The van der Waals surface area contributed by atoms with Gasteiger partial charge < -0.3 is 20.1 Å². The number of piperazine rings is 1. The first-order valence-electron chi connectivity index (χ1n) is 9.23. The highest BCUT2D eigenvalue weighted by atomic mass is 16.5. The molecule has 0 radical (unpaired) electrons. The molecule has 8 heteroatoms. The van der Waals surface area contributed by atoms with Gasteiger partial charge in [0.1, 0.15) is 11.3 Å². The van der Waals surface area contributed by atoms with Crippen molar-refractivity contribution in [2.24, 2.45) is 0 Å². The fourth-order valence-corrected chi connectivity index (χ4v) is 3.55. The van der Waals surface area contributed by atoms with Crippen LogP contribution in [0.3, 0.4) is 0 Å². The summed E-state index contributed by atoms with van der Waals surface area (Å²) < 4.78 is 5.28. The Morgan fingerprint density at radius 3 is 2.48 bits per heavy atom. The molecule has 2 aliphatic heterocycles. The number of anilines is 1. The lowest BCUT2D eigenvalue weighted by molar-refractivity contribution is -0.131. The zero-order valence-corrected chi connectivity index (χ0v) is 16.1. The van der Waals surface area contributed by atoms with Crippen LogP contribution in [0.2, 0.25) is 0 Å². The second-order valence-corrected chi connectivity index (χ2v) is 7.61. The summed E-state index contributed by atoms with van der Waals surface area (Å²) in [6, 6.07) is 7.54. The first-order valence-corrected chi connectivity index (χ1v) is 9.23. The van der Waals surface area contributed by atoms with Gasteiger partial charge in [-0.15, -0.1) is 0 Å². The van der Waals surface area contributed by atoms with Crippen LogP contribution in [-0.4, -0.2) is 84.9 Å². The number of aliphatic hydroxyl groups is 1. The summed E-state index contributed by atoms with van der Waals surface area (Å²) >= 11 is 0. The number of β-amino-alcohol motifs (C(OH)–C–C–N with tert-alkyl or cyclic N) is 1. The first-order chi connectivity index (χ1) is 12.8. The van der Waals surface area contributed by atoms with Crippen LogP contribution in [0.25, 0.3) is 0 Å². The van der Waals surface area contributed by atoms with E-state index in [1.54, 1.807) is 21.0 Å². The molecule has 2 N–H and O–H groups in total. The number of ether oxygens (including phenoxy) is 1. The van der Waals surface area contributed by atoms with Crippen LogP contribution >= 0.6 is 0 Å². The predicted octanol–water partition coefficient (Wildman–Crippen LogP) is 0.509. The number of benzene rings is 1. The van der Waals surface area contributed by atoms with E-state index in [4.69, 9.17) is 4.74 Å². The molecule has 1 aromatic rings. The van der Waals surface area contributed by atoms with Crippen molar-refractivity contribution in [3.63, 3.8) is 0 Å². The summed E-state index contributed by atoms with van der Waals surface area (Å²) in [7, 11) is 1.66. The van der Waals surface area contributed by atoms with Gasteiger partial charge in [0.15, 0.2) is 0 Å². The average Bonchev–Trinajstić information content (AvgIpc) is 2.84. The van der Waals surface area contributed by atoms with E-state index in [9.17, 15) is 14.7 Å². The zero-order chi connectivity index (χ0) is 19.6. The quantitative estimate of drug-likeness (QED) is 0.704. The smallest absolute Gasteiger partial charge is 0.325 e. The van der Waals surface area contributed by atoms with Gasteiger partial charge >= 0.3 is 6.03 Å². The Bertz CT molecular complexity index is 701. The lowest BCUT2D eigenvalue weighted by atomic mass is 10.1. The third kappa shape index (κ3) is 4.33. The first kappa shape index (κ1) is 19.4. The minimum absolute atomic E-state index is 0.0181. The number of nitrogens with one attached hydrogen (secondary N) is 1. The Hall–Kier alpha value is -2.32. The molecule has 2 saturated heterocycles. The van der Waals surface area contributed by atoms with Crippen LogP contribution in [0.1, 0.15) is 13.8 Å². The molecule has 3 amide bonds. The lowest BCUT2D eigenvalue weighted by Crippen LogP contribution is -2.50. The van der Waals surface area contributed by atoms with Crippen LogP contribution in [0.15, 0.2) is 24.3 Å². The third-order valence-corrected chi connectivity index (χ3v) is 5.10. The summed E-state index contributed by atoms with van der Waals surface area (Å²) in [5.41, 5.74) is 0.218. The van der Waals surface area contributed by atoms with E-state index < -0.39 is 17.7 Å². The van der Waals surface area contributed by atoms with Gasteiger partial charge in [0.25, 0.3) is 5.91 Å². The molecular weight excluding hydrogens is 348 g/mol. The number of hydrogen-bond acceptors (Lipinski definition) is 6. The number of imide groups is 1. The Labute approximate surface area is 159 Å². The molecule has 27 heavy (non-hydrogen) atoms. The molecule has 0 aliphatic carbocycles. The van der Waals surface area contributed by atoms with E-state index in [0.717, 1.165) is 42.5 Å². The molecule has 0 saturated carbocycles. The normalized spacial score (nSPS) is 21.3. The third-order valence-electron chi connectivity index (χ3n) is 5.10. The van der Waals surface area contributed by atoms with Crippen molar-refractivity contribution in [1.29, 1.82) is 0 Å². The van der Waals surface area contributed by atoms with Crippen LogP contribution < -0.4 is 15.0 Å². The van der Waals surface area contributed by atoms with Crippen molar-refractivity contribution in [3.05, 3.63) is 24.3 Å².